The summed E-state index contributed by atoms with van der Waals surface area (Å²) in [7, 11) is 0. The Morgan fingerprint density at radius 2 is 1.88 bits per heavy atom. The Morgan fingerprint density at radius 3 is 2.47 bits per heavy atom. The summed E-state index contributed by atoms with van der Waals surface area (Å²) in [5.41, 5.74) is 4.12. The third-order valence-corrected chi connectivity index (χ3v) is 6.03. The van der Waals surface area contributed by atoms with Gasteiger partial charge in [-0.2, -0.15) is 13.2 Å². The minimum absolute atomic E-state index is 0.0164. The highest BCUT2D eigenvalue weighted by Gasteiger charge is 2.37. The van der Waals surface area contributed by atoms with Gasteiger partial charge in [-0.05, 0) is 66.8 Å². The maximum Gasteiger partial charge on any atom is 0.422 e. The lowest BCUT2D eigenvalue weighted by atomic mass is 9.75. The van der Waals surface area contributed by atoms with Gasteiger partial charge in [0.15, 0.2) is 6.61 Å². The van der Waals surface area contributed by atoms with Crippen LogP contribution in [0.2, 0.25) is 0 Å². The number of hydrogen-bond acceptors (Lipinski definition) is 3. The van der Waals surface area contributed by atoms with Gasteiger partial charge in [0.2, 0.25) is 5.91 Å². The van der Waals surface area contributed by atoms with Gasteiger partial charge in [-0.3, -0.25) is 4.79 Å². The van der Waals surface area contributed by atoms with Gasteiger partial charge in [0.05, 0.1) is 0 Å². The van der Waals surface area contributed by atoms with Crippen LogP contribution in [0, 0.1) is 6.92 Å². The van der Waals surface area contributed by atoms with Gasteiger partial charge in [-0.15, -0.1) is 0 Å². The number of benzene rings is 2. The van der Waals surface area contributed by atoms with Crippen LogP contribution in [-0.4, -0.2) is 36.3 Å². The molecular weight excluding hydrogens is 447 g/mol. The molecule has 1 amide bonds. The van der Waals surface area contributed by atoms with Crippen LogP contribution in [0.1, 0.15) is 50.8 Å². The van der Waals surface area contributed by atoms with Crippen LogP contribution in [0.5, 0.6) is 5.75 Å². The molecule has 5 nitrogen and oxygen atoms in total. The van der Waals surface area contributed by atoms with Crippen molar-refractivity contribution in [1.82, 2.24) is 0 Å². The predicted octanol–water partition coefficient (Wildman–Crippen LogP) is 6.13. The molecule has 0 radical (unpaired) electrons. The standard InChI is InChI=1S/C26H28F3NO4/c1-6-30-21-12-18(16(3)9-20(21)25(4,5)13-23(30)31)19-11-17(15(2)10-24(32)33)7-8-22(19)34-14-26(27,28)29/h7-12H,6,13-14H2,1-5H3,(H,32,33). The summed E-state index contributed by atoms with van der Waals surface area (Å²) in [6, 6.07) is 8.37. The highest BCUT2D eigenvalue weighted by Crippen LogP contribution is 2.45. The van der Waals surface area contributed by atoms with E-state index in [-0.39, 0.29) is 17.1 Å². The molecule has 1 N–H and O–H groups in total. The zero-order chi connectivity index (χ0) is 25.4. The minimum atomic E-state index is -4.52. The molecule has 2 aromatic carbocycles. The third-order valence-electron chi connectivity index (χ3n) is 6.03. The summed E-state index contributed by atoms with van der Waals surface area (Å²) in [5, 5.41) is 9.10. The van der Waals surface area contributed by atoms with E-state index >= 15 is 0 Å². The Morgan fingerprint density at radius 1 is 1.21 bits per heavy atom. The number of carbonyl (C=O) groups excluding carboxylic acids is 1. The molecule has 8 heteroatoms. The zero-order valence-corrected chi connectivity index (χ0v) is 19.8. The number of allylic oxidation sites excluding steroid dienone is 1. The second-order valence-corrected chi connectivity index (χ2v) is 9.16. The van der Waals surface area contributed by atoms with E-state index in [0.29, 0.717) is 40.9 Å². The molecule has 0 bridgehead atoms. The summed E-state index contributed by atoms with van der Waals surface area (Å²) in [4.78, 5) is 25.6. The Labute approximate surface area is 196 Å². The molecular formula is C26H28F3NO4. The topological polar surface area (TPSA) is 66.8 Å². The number of amides is 1. The van der Waals surface area contributed by atoms with E-state index in [2.05, 4.69) is 0 Å². The van der Waals surface area contributed by atoms with Crippen molar-refractivity contribution in [3.05, 3.63) is 53.1 Å². The molecule has 0 fully saturated rings. The van der Waals surface area contributed by atoms with Gasteiger partial charge in [0, 0.05) is 35.7 Å². The number of carboxylic acids is 1. The molecule has 0 aliphatic carbocycles. The van der Waals surface area contributed by atoms with Crippen molar-refractivity contribution >= 4 is 23.1 Å². The SMILES string of the molecule is CCN1C(=O)CC(C)(C)c2cc(C)c(-c3cc(C(C)=CC(=O)O)ccc3OCC(F)(F)F)cc21. The van der Waals surface area contributed by atoms with Gasteiger partial charge < -0.3 is 14.7 Å². The predicted molar refractivity (Wildman–Crippen MR) is 125 cm³/mol. The smallest absolute Gasteiger partial charge is 0.422 e. The average Bonchev–Trinajstić information content (AvgIpc) is 2.71. The Kier molecular flexibility index (Phi) is 6.82. The number of halogens is 3. The zero-order valence-electron chi connectivity index (χ0n) is 19.8. The highest BCUT2D eigenvalue weighted by atomic mass is 19.4. The van der Waals surface area contributed by atoms with Crippen LogP contribution in [-0.2, 0) is 15.0 Å². The molecule has 0 atom stereocenters. The molecule has 1 heterocycles. The summed E-state index contributed by atoms with van der Waals surface area (Å²) in [6.07, 6.45) is -3.12. The molecule has 0 unspecified atom stereocenters. The fourth-order valence-electron chi connectivity index (χ4n) is 4.34. The molecule has 2 aromatic rings. The lowest BCUT2D eigenvalue weighted by molar-refractivity contribution is -0.153. The molecule has 3 rings (SSSR count). The molecule has 0 aromatic heterocycles. The van der Waals surface area contributed by atoms with Crippen molar-refractivity contribution < 1.29 is 32.6 Å². The molecule has 0 saturated carbocycles. The Hall–Kier alpha value is -3.29. The Bertz CT molecular complexity index is 1170. The second-order valence-electron chi connectivity index (χ2n) is 9.16. The Balaban J connectivity index is 2.24. The van der Waals surface area contributed by atoms with Crippen LogP contribution in [0.25, 0.3) is 16.7 Å². The van der Waals surface area contributed by atoms with E-state index in [4.69, 9.17) is 9.84 Å². The highest BCUT2D eigenvalue weighted by molar-refractivity contribution is 5.99. The van der Waals surface area contributed by atoms with E-state index in [9.17, 15) is 22.8 Å². The first kappa shape index (κ1) is 25.3. The molecule has 1 aliphatic rings. The van der Waals surface area contributed by atoms with Crippen molar-refractivity contribution in [2.45, 2.75) is 52.6 Å². The number of aliphatic carboxylic acids is 1. The van der Waals surface area contributed by atoms with Crippen molar-refractivity contribution in [3.63, 3.8) is 0 Å². The largest absolute Gasteiger partial charge is 0.483 e. The average molecular weight is 476 g/mol. The number of ether oxygens (including phenoxy) is 1. The number of nitrogens with zero attached hydrogens (tertiary/aromatic N) is 1. The van der Waals surface area contributed by atoms with Crippen LogP contribution >= 0.6 is 0 Å². The van der Waals surface area contributed by atoms with Crippen LogP contribution < -0.4 is 9.64 Å². The summed E-state index contributed by atoms with van der Waals surface area (Å²) in [6.45, 7) is 8.34. The number of carbonyl (C=O) groups is 2. The fraction of sp³-hybridized carbons (Fsp3) is 0.385. The maximum atomic E-state index is 12.9. The number of alkyl halides is 3. The van der Waals surface area contributed by atoms with Crippen molar-refractivity contribution in [1.29, 1.82) is 0 Å². The van der Waals surface area contributed by atoms with Gasteiger partial charge in [0.1, 0.15) is 5.75 Å². The first-order valence-electron chi connectivity index (χ1n) is 10.9. The number of carboxylic acid groups (broad SMARTS) is 1. The van der Waals surface area contributed by atoms with Gasteiger partial charge in [-0.1, -0.05) is 26.0 Å². The lowest BCUT2D eigenvalue weighted by Gasteiger charge is -2.39. The van der Waals surface area contributed by atoms with E-state index in [1.165, 1.54) is 12.1 Å². The maximum absolute atomic E-state index is 12.9. The number of aryl methyl sites for hydroxylation is 1. The fourth-order valence-corrected chi connectivity index (χ4v) is 4.34. The summed E-state index contributed by atoms with van der Waals surface area (Å²) >= 11 is 0. The quantitative estimate of drug-likeness (QED) is 0.511. The molecule has 34 heavy (non-hydrogen) atoms. The summed E-state index contributed by atoms with van der Waals surface area (Å²) in [5.74, 6) is -1.12. The molecule has 1 aliphatic heterocycles. The van der Waals surface area contributed by atoms with E-state index < -0.39 is 18.8 Å². The first-order valence-corrected chi connectivity index (χ1v) is 10.9. The van der Waals surface area contributed by atoms with E-state index in [0.717, 1.165) is 17.2 Å². The van der Waals surface area contributed by atoms with Gasteiger partial charge in [0.25, 0.3) is 0 Å². The van der Waals surface area contributed by atoms with E-state index in [1.54, 1.807) is 17.9 Å². The van der Waals surface area contributed by atoms with Gasteiger partial charge >= 0.3 is 12.1 Å². The van der Waals surface area contributed by atoms with Crippen LogP contribution in [0.3, 0.4) is 0 Å². The molecule has 182 valence electrons. The number of fused-ring (bicyclic) bond motifs is 1. The van der Waals surface area contributed by atoms with E-state index in [1.807, 2.05) is 39.8 Å². The van der Waals surface area contributed by atoms with Crippen LogP contribution in [0.4, 0.5) is 18.9 Å². The third kappa shape index (κ3) is 5.26. The molecule has 0 spiro atoms. The van der Waals surface area contributed by atoms with Crippen LogP contribution in [0.15, 0.2) is 36.4 Å². The van der Waals surface area contributed by atoms with Gasteiger partial charge in [-0.25, -0.2) is 4.79 Å². The van der Waals surface area contributed by atoms with Crippen molar-refractivity contribution in [2.24, 2.45) is 0 Å². The number of anilines is 1. The number of rotatable bonds is 6. The molecule has 0 saturated heterocycles. The van der Waals surface area contributed by atoms with Crippen molar-refractivity contribution in [2.75, 3.05) is 18.1 Å². The summed E-state index contributed by atoms with van der Waals surface area (Å²) < 4.78 is 43.9. The minimum Gasteiger partial charge on any atom is -0.483 e. The first-order chi connectivity index (χ1) is 15.7. The number of hydrogen-bond donors (Lipinski definition) is 1. The second kappa shape index (κ2) is 9.16. The normalized spacial score (nSPS) is 15.8. The lowest BCUT2D eigenvalue weighted by Crippen LogP contribution is -2.41. The monoisotopic (exact) mass is 475 g/mol. The van der Waals surface area contributed by atoms with Crippen molar-refractivity contribution in [3.8, 4) is 16.9 Å².